The maximum atomic E-state index is 12.2. The molecule has 1 aliphatic heterocycles. The van der Waals surface area contributed by atoms with Gasteiger partial charge in [0, 0.05) is 24.5 Å². The van der Waals surface area contributed by atoms with Gasteiger partial charge in [-0.2, -0.15) is 0 Å². The number of benzene rings is 1. The molecule has 0 fully saturated rings. The number of carbonyl (C=O) groups excluding carboxylic acids is 1. The summed E-state index contributed by atoms with van der Waals surface area (Å²) in [7, 11) is 0. The minimum absolute atomic E-state index is 0.0300. The first-order valence-electron chi connectivity index (χ1n) is 6.86. The lowest BCUT2D eigenvalue weighted by molar-refractivity contribution is 0.192. The van der Waals surface area contributed by atoms with Gasteiger partial charge in [-0.3, -0.25) is 0 Å². The predicted octanol–water partition coefficient (Wildman–Crippen LogP) is 3.32. The van der Waals surface area contributed by atoms with Gasteiger partial charge >= 0.3 is 6.03 Å². The Morgan fingerprint density at radius 3 is 2.90 bits per heavy atom. The van der Waals surface area contributed by atoms with Crippen molar-refractivity contribution >= 4 is 17.4 Å². The number of fused-ring (bicyclic) bond motifs is 1. The molecule has 4 heteroatoms. The van der Waals surface area contributed by atoms with Crippen LogP contribution in [-0.2, 0) is 19.5 Å². The van der Waals surface area contributed by atoms with Crippen LogP contribution in [0.4, 0.5) is 4.79 Å². The third kappa shape index (κ3) is 2.85. The zero-order chi connectivity index (χ0) is 13.9. The molecule has 2 aromatic rings. The van der Waals surface area contributed by atoms with Gasteiger partial charge in [-0.15, -0.1) is 11.3 Å². The fourth-order valence-corrected chi connectivity index (χ4v) is 3.31. The summed E-state index contributed by atoms with van der Waals surface area (Å²) in [4.78, 5) is 15.5. The summed E-state index contributed by atoms with van der Waals surface area (Å²) in [5.41, 5.74) is 3.67. The number of hydrogen-bond donors (Lipinski definition) is 1. The first-order valence-corrected chi connectivity index (χ1v) is 7.74. The second-order valence-corrected chi connectivity index (χ2v) is 6.19. The summed E-state index contributed by atoms with van der Waals surface area (Å²) in [6, 6.07) is 10.4. The van der Waals surface area contributed by atoms with E-state index in [2.05, 4.69) is 48.0 Å². The van der Waals surface area contributed by atoms with Gasteiger partial charge in [0.1, 0.15) is 0 Å². The van der Waals surface area contributed by atoms with Gasteiger partial charge in [0.05, 0.1) is 0 Å². The largest absolute Gasteiger partial charge is 0.334 e. The van der Waals surface area contributed by atoms with E-state index in [0.717, 1.165) is 25.1 Å². The van der Waals surface area contributed by atoms with E-state index in [-0.39, 0.29) is 6.03 Å². The lowest BCUT2D eigenvalue weighted by Gasteiger charge is -2.27. The van der Waals surface area contributed by atoms with Crippen LogP contribution in [0.2, 0.25) is 0 Å². The van der Waals surface area contributed by atoms with Gasteiger partial charge in [-0.1, -0.05) is 29.8 Å². The van der Waals surface area contributed by atoms with Crippen molar-refractivity contribution in [2.75, 3.05) is 6.54 Å². The first kappa shape index (κ1) is 13.2. The SMILES string of the molecule is Cc1ccc(CNC(=O)N2CCc3sccc3C2)cc1. The van der Waals surface area contributed by atoms with E-state index < -0.39 is 0 Å². The number of hydrogen-bond acceptors (Lipinski definition) is 2. The van der Waals surface area contributed by atoms with Crippen molar-refractivity contribution in [3.8, 4) is 0 Å². The molecule has 0 saturated heterocycles. The number of amides is 2. The number of rotatable bonds is 2. The van der Waals surface area contributed by atoms with E-state index in [9.17, 15) is 4.79 Å². The third-order valence-corrected chi connectivity index (χ3v) is 4.68. The highest BCUT2D eigenvalue weighted by molar-refractivity contribution is 7.10. The molecule has 0 radical (unpaired) electrons. The first-order chi connectivity index (χ1) is 9.72. The molecule has 1 aliphatic rings. The van der Waals surface area contributed by atoms with Crippen molar-refractivity contribution in [1.29, 1.82) is 0 Å². The molecule has 3 rings (SSSR count). The molecule has 104 valence electrons. The van der Waals surface area contributed by atoms with E-state index in [1.54, 1.807) is 11.3 Å². The van der Waals surface area contributed by atoms with Crippen LogP contribution in [-0.4, -0.2) is 17.5 Å². The summed E-state index contributed by atoms with van der Waals surface area (Å²) >= 11 is 1.79. The quantitative estimate of drug-likeness (QED) is 0.902. The van der Waals surface area contributed by atoms with Crippen molar-refractivity contribution in [1.82, 2.24) is 10.2 Å². The van der Waals surface area contributed by atoms with Crippen molar-refractivity contribution < 1.29 is 4.79 Å². The fourth-order valence-electron chi connectivity index (χ4n) is 2.42. The zero-order valence-electron chi connectivity index (χ0n) is 11.6. The predicted molar refractivity (Wildman–Crippen MR) is 81.8 cm³/mol. The van der Waals surface area contributed by atoms with Crippen LogP contribution in [0.25, 0.3) is 0 Å². The Labute approximate surface area is 123 Å². The molecule has 0 bridgehead atoms. The van der Waals surface area contributed by atoms with Crippen LogP contribution in [0.5, 0.6) is 0 Å². The highest BCUT2D eigenvalue weighted by Crippen LogP contribution is 2.23. The molecule has 1 N–H and O–H groups in total. The molecular weight excluding hydrogens is 268 g/mol. The second-order valence-electron chi connectivity index (χ2n) is 5.18. The molecule has 0 unspecified atom stereocenters. The molecular formula is C16H18N2OS. The van der Waals surface area contributed by atoms with Gasteiger partial charge in [-0.25, -0.2) is 4.79 Å². The van der Waals surface area contributed by atoms with Crippen molar-refractivity contribution in [2.45, 2.75) is 26.4 Å². The Bertz CT molecular complexity index is 603. The molecule has 1 aromatic heterocycles. The second kappa shape index (κ2) is 5.67. The Hall–Kier alpha value is -1.81. The molecule has 0 saturated carbocycles. The van der Waals surface area contributed by atoms with E-state index in [1.165, 1.54) is 16.0 Å². The molecule has 2 amide bonds. The number of carbonyl (C=O) groups is 1. The summed E-state index contributed by atoms with van der Waals surface area (Å²) in [6.45, 7) is 4.20. The Morgan fingerprint density at radius 2 is 2.10 bits per heavy atom. The van der Waals surface area contributed by atoms with Crippen LogP contribution < -0.4 is 5.32 Å². The Kier molecular flexibility index (Phi) is 3.74. The number of thiophene rings is 1. The highest BCUT2D eigenvalue weighted by Gasteiger charge is 2.20. The molecule has 2 heterocycles. The maximum absolute atomic E-state index is 12.2. The molecule has 0 spiro atoms. The van der Waals surface area contributed by atoms with Crippen LogP contribution in [0.15, 0.2) is 35.7 Å². The van der Waals surface area contributed by atoms with Crippen molar-refractivity contribution in [3.05, 3.63) is 57.3 Å². The van der Waals surface area contributed by atoms with Crippen molar-refractivity contribution in [3.63, 3.8) is 0 Å². The minimum atomic E-state index is 0.0300. The smallest absolute Gasteiger partial charge is 0.317 e. The highest BCUT2D eigenvalue weighted by atomic mass is 32.1. The zero-order valence-corrected chi connectivity index (χ0v) is 12.4. The van der Waals surface area contributed by atoms with E-state index in [4.69, 9.17) is 0 Å². The topological polar surface area (TPSA) is 32.3 Å². The van der Waals surface area contributed by atoms with Crippen LogP contribution >= 0.6 is 11.3 Å². The van der Waals surface area contributed by atoms with Crippen LogP contribution in [0.3, 0.4) is 0 Å². The lowest BCUT2D eigenvalue weighted by atomic mass is 10.1. The van der Waals surface area contributed by atoms with Gasteiger partial charge < -0.3 is 10.2 Å². The van der Waals surface area contributed by atoms with E-state index in [1.807, 2.05) is 4.90 Å². The normalized spacial score (nSPS) is 13.9. The van der Waals surface area contributed by atoms with Crippen molar-refractivity contribution in [2.24, 2.45) is 0 Å². The van der Waals surface area contributed by atoms with E-state index in [0.29, 0.717) is 6.54 Å². The number of nitrogens with zero attached hydrogens (tertiary/aromatic N) is 1. The maximum Gasteiger partial charge on any atom is 0.317 e. The third-order valence-electron chi connectivity index (χ3n) is 3.66. The molecule has 1 aromatic carbocycles. The van der Waals surface area contributed by atoms with E-state index >= 15 is 0 Å². The average molecular weight is 286 g/mol. The number of nitrogens with one attached hydrogen (secondary N) is 1. The monoisotopic (exact) mass is 286 g/mol. The number of urea groups is 1. The number of aryl methyl sites for hydroxylation is 1. The Morgan fingerprint density at radius 1 is 1.30 bits per heavy atom. The average Bonchev–Trinajstić information content (AvgIpc) is 2.93. The van der Waals surface area contributed by atoms with Gasteiger partial charge in [0.25, 0.3) is 0 Å². The standard InChI is InChI=1S/C16H18N2OS/c1-12-2-4-13(5-3-12)10-17-16(19)18-8-6-15-14(11-18)7-9-20-15/h2-5,7,9H,6,8,10-11H2,1H3,(H,17,19). The fraction of sp³-hybridized carbons (Fsp3) is 0.312. The van der Waals surface area contributed by atoms with Gasteiger partial charge in [-0.05, 0) is 35.9 Å². The van der Waals surface area contributed by atoms with Gasteiger partial charge in [0.2, 0.25) is 0 Å². The lowest BCUT2D eigenvalue weighted by Crippen LogP contribution is -2.42. The molecule has 20 heavy (non-hydrogen) atoms. The molecule has 0 atom stereocenters. The minimum Gasteiger partial charge on any atom is -0.334 e. The molecule has 3 nitrogen and oxygen atoms in total. The van der Waals surface area contributed by atoms with Crippen LogP contribution in [0.1, 0.15) is 21.6 Å². The summed E-state index contributed by atoms with van der Waals surface area (Å²) in [5.74, 6) is 0. The van der Waals surface area contributed by atoms with Gasteiger partial charge in [0.15, 0.2) is 0 Å². The summed E-state index contributed by atoms with van der Waals surface area (Å²) in [5, 5.41) is 5.11. The Balaban J connectivity index is 1.56. The molecule has 0 aliphatic carbocycles. The van der Waals surface area contributed by atoms with Crippen LogP contribution in [0, 0.1) is 6.92 Å². The summed E-state index contributed by atoms with van der Waals surface area (Å²) < 4.78 is 0. The summed E-state index contributed by atoms with van der Waals surface area (Å²) in [6.07, 6.45) is 0.977.